The summed E-state index contributed by atoms with van der Waals surface area (Å²) in [5.41, 5.74) is 22.3. The van der Waals surface area contributed by atoms with Crippen LogP contribution in [0.3, 0.4) is 0 Å². The molecule has 11 heavy (non-hydrogen) atoms. The van der Waals surface area contributed by atoms with Gasteiger partial charge in [0.25, 0.3) is 0 Å². The Morgan fingerprint density at radius 2 is 1.09 bits per heavy atom. The van der Waals surface area contributed by atoms with E-state index in [9.17, 15) is 0 Å². The first-order valence-corrected chi connectivity index (χ1v) is 4.35. The van der Waals surface area contributed by atoms with Crippen LogP contribution in [-0.4, -0.2) is 26.2 Å². The Morgan fingerprint density at radius 3 is 1.09 bits per heavy atom. The van der Waals surface area contributed by atoms with Crippen molar-refractivity contribution in [2.45, 2.75) is 0 Å². The molecule has 0 heterocycles. The Morgan fingerprint density at radius 1 is 1.00 bits per heavy atom. The maximum atomic E-state index is 8.48. The molecule has 0 spiro atoms. The predicted molar refractivity (Wildman–Crippen MR) is 37.9 cm³/mol. The first-order chi connectivity index (χ1) is 5.24. The molecule has 0 aromatic heterocycles. The molecule has 0 aromatic carbocycles. The summed E-state index contributed by atoms with van der Waals surface area (Å²) < 4.78 is 17.0. The van der Waals surface area contributed by atoms with Crippen LogP contribution in [0.1, 0.15) is 0 Å². The summed E-state index contributed by atoms with van der Waals surface area (Å²) in [6.45, 7) is 1.67. The second kappa shape index (κ2) is 32.2. The molecule has 0 aliphatic carbocycles. The fourth-order valence-electron chi connectivity index (χ4n) is 0. The average molecular weight is 248 g/mol. The molecule has 0 fully saturated rings. The second-order valence-electron chi connectivity index (χ2n) is 1.14. The van der Waals surface area contributed by atoms with Gasteiger partial charge in [-0.25, -0.2) is 0 Å². The molecule has 6 N–H and O–H groups in total. The zero-order valence-corrected chi connectivity index (χ0v) is 8.04. The number of nitrogens with one attached hydrogen (secondary N) is 2. The molecule has 0 saturated heterocycles. The number of hydrogen-bond acceptors (Lipinski definition) is 4. The van der Waals surface area contributed by atoms with Gasteiger partial charge in [-0.1, -0.05) is 0 Å². The fourth-order valence-corrected chi connectivity index (χ4v) is 0. The van der Waals surface area contributed by atoms with Crippen molar-refractivity contribution in [2.24, 2.45) is 11.5 Å². The van der Waals surface area contributed by atoms with Gasteiger partial charge in [-0.05, 0) is 13.1 Å². The third-order valence-corrected chi connectivity index (χ3v) is 0.289. The zero-order chi connectivity index (χ0) is 9.54. The second-order valence-corrected chi connectivity index (χ2v) is 1.45. The summed E-state index contributed by atoms with van der Waals surface area (Å²) in [6, 6.07) is 0. The number of hydrogen-bond donors (Lipinski definition) is 2. The van der Waals surface area contributed by atoms with E-state index < -0.39 is 17.6 Å². The van der Waals surface area contributed by atoms with Crippen LogP contribution in [0.15, 0.2) is 0 Å². The molecule has 6 nitrogen and oxygen atoms in total. The van der Waals surface area contributed by atoms with Gasteiger partial charge in [0, 0.05) is 0 Å². The van der Waals surface area contributed by atoms with E-state index in [1.54, 1.807) is 0 Å². The van der Waals surface area contributed by atoms with Gasteiger partial charge in [0.2, 0.25) is 0 Å². The van der Waals surface area contributed by atoms with Gasteiger partial charge in [-0.15, -0.1) is 13.1 Å². The monoisotopic (exact) mass is 247 g/mol. The molecule has 0 saturated carbocycles. The van der Waals surface area contributed by atoms with Crippen LogP contribution in [0.4, 0.5) is 0 Å². The van der Waals surface area contributed by atoms with Crippen molar-refractivity contribution in [1.82, 2.24) is 0 Å². The summed E-state index contributed by atoms with van der Waals surface area (Å²) in [7, 11) is 0. The van der Waals surface area contributed by atoms with E-state index in [1.165, 1.54) is 0 Å². The first kappa shape index (κ1) is 17.3. The van der Waals surface area contributed by atoms with E-state index in [0.29, 0.717) is 26.2 Å². The van der Waals surface area contributed by atoms with Crippen LogP contribution in [-0.2, 0) is 24.6 Å². The third-order valence-electron chi connectivity index (χ3n) is 0.289. The van der Waals surface area contributed by atoms with E-state index in [1.807, 2.05) is 0 Å². The van der Waals surface area contributed by atoms with Crippen LogP contribution >= 0.6 is 0 Å². The van der Waals surface area contributed by atoms with Crippen molar-refractivity contribution in [3.63, 3.8) is 0 Å². The van der Waals surface area contributed by atoms with Crippen LogP contribution in [0.25, 0.3) is 11.5 Å². The van der Waals surface area contributed by atoms with Crippen LogP contribution in [0.2, 0.25) is 0 Å². The van der Waals surface area contributed by atoms with Gasteiger partial charge >= 0.3 is 24.6 Å². The van der Waals surface area contributed by atoms with Crippen molar-refractivity contribution in [3.05, 3.63) is 11.5 Å². The molecule has 0 aliphatic heterocycles. The number of rotatable bonds is 2. The normalized spacial score (nSPS) is 6.55. The van der Waals surface area contributed by atoms with E-state index >= 15 is 0 Å². The van der Waals surface area contributed by atoms with Crippen molar-refractivity contribution >= 4 is 0 Å². The molecule has 0 amide bonds. The molecule has 0 aliphatic rings. The predicted octanol–water partition coefficient (Wildman–Crippen LogP) is -0.245. The van der Waals surface area contributed by atoms with Gasteiger partial charge < -0.3 is 22.9 Å². The topological polar surface area (TPSA) is 134 Å². The molecule has 0 radical (unpaired) electrons. The average Bonchev–Trinajstić information content (AvgIpc) is 2.06. The van der Waals surface area contributed by atoms with E-state index in [2.05, 4.69) is 0 Å². The van der Waals surface area contributed by atoms with Gasteiger partial charge in [0.05, 0.1) is 0 Å². The number of nitrogens with two attached hydrogens (primary N) is 2. The Kier molecular flexibility index (Phi) is 50.5. The summed E-state index contributed by atoms with van der Waals surface area (Å²) in [6.07, 6.45) is 0. The Hall–Kier alpha value is 0.0894. The quantitative estimate of drug-likeness (QED) is 0.696. The van der Waals surface area contributed by atoms with E-state index in [-0.39, 0.29) is 0 Å². The molecular formula is C4H14N4O2Tc-. The van der Waals surface area contributed by atoms with Gasteiger partial charge in [0.1, 0.15) is 0 Å². The maximum absolute atomic E-state index is 8.48. The third kappa shape index (κ3) is 151. The van der Waals surface area contributed by atoms with Gasteiger partial charge in [-0.2, -0.15) is 0 Å². The Balaban J connectivity index is -0.0000000886. The van der Waals surface area contributed by atoms with E-state index in [4.69, 9.17) is 29.9 Å². The SMILES string of the molecule is [NH-]CCN.[NH-]CCN.[O]=[Tc+]=[O]. The van der Waals surface area contributed by atoms with Crippen molar-refractivity contribution in [3.8, 4) is 0 Å². The molecule has 0 rings (SSSR count). The van der Waals surface area contributed by atoms with Crippen LogP contribution in [0, 0.1) is 0 Å². The summed E-state index contributed by atoms with van der Waals surface area (Å²) in [4.78, 5) is 0. The zero-order valence-electron chi connectivity index (χ0n) is 6.18. The summed E-state index contributed by atoms with van der Waals surface area (Å²) >= 11 is -1.91. The van der Waals surface area contributed by atoms with Crippen LogP contribution < -0.4 is 11.5 Å². The fraction of sp³-hybridized carbons (Fsp3) is 1.00. The Bertz CT molecular complexity index is 68.5. The molecule has 0 unspecified atom stereocenters. The first-order valence-electron chi connectivity index (χ1n) is 2.83. The summed E-state index contributed by atoms with van der Waals surface area (Å²) in [5.74, 6) is 0. The molecule has 0 atom stereocenters. The molecular weight excluding hydrogens is 234 g/mol. The Labute approximate surface area is 74.2 Å². The summed E-state index contributed by atoms with van der Waals surface area (Å²) in [5, 5.41) is 0. The molecule has 70 valence electrons. The van der Waals surface area contributed by atoms with Gasteiger partial charge in [0.15, 0.2) is 0 Å². The molecule has 0 aromatic rings. The minimum absolute atomic E-state index is 0.347. The standard InChI is InChI=1S/2C2H7N2.2O.Tc/c2*3-1-2-4;;;/h2*3H,1-2,4H2;;;/q2*-1;;;+1. The van der Waals surface area contributed by atoms with Crippen molar-refractivity contribution in [1.29, 1.82) is 0 Å². The molecule has 0 bridgehead atoms. The van der Waals surface area contributed by atoms with Crippen molar-refractivity contribution < 1.29 is 24.6 Å². The van der Waals surface area contributed by atoms with E-state index in [0.717, 1.165) is 0 Å². The van der Waals surface area contributed by atoms with Crippen LogP contribution in [0.5, 0.6) is 0 Å². The van der Waals surface area contributed by atoms with Crippen molar-refractivity contribution in [2.75, 3.05) is 26.2 Å². The molecule has 7 heteroatoms. The minimum atomic E-state index is -1.91. The van der Waals surface area contributed by atoms with Gasteiger partial charge in [-0.3, -0.25) is 0 Å².